The summed E-state index contributed by atoms with van der Waals surface area (Å²) in [6.07, 6.45) is 0.601. The lowest BCUT2D eigenvalue weighted by atomic mass is 10.2. The Labute approximate surface area is 146 Å². The Morgan fingerprint density at radius 2 is 1.79 bits per heavy atom. The number of amides is 2. The smallest absolute Gasteiger partial charge is 0.228 e. The Bertz CT molecular complexity index is 758. The number of benzene rings is 2. The second-order valence-electron chi connectivity index (χ2n) is 6.15. The molecule has 0 aromatic heterocycles. The summed E-state index contributed by atoms with van der Waals surface area (Å²) in [5.41, 5.74) is 2.84. The molecule has 0 saturated heterocycles. The molecule has 1 aliphatic carbocycles. The molecule has 1 aliphatic rings. The number of hydrogen-bond acceptors (Lipinski definition) is 2. The molecule has 124 valence electrons. The van der Waals surface area contributed by atoms with Crippen molar-refractivity contribution in [1.29, 1.82) is 0 Å². The molecule has 2 unspecified atom stereocenters. The fourth-order valence-electron chi connectivity index (χ4n) is 2.65. The molecule has 2 aromatic rings. The fourth-order valence-corrected chi connectivity index (χ4v) is 2.78. The maximum absolute atomic E-state index is 12.2. The van der Waals surface area contributed by atoms with Gasteiger partial charge in [0.15, 0.2) is 0 Å². The van der Waals surface area contributed by atoms with E-state index in [9.17, 15) is 9.59 Å². The summed E-state index contributed by atoms with van der Waals surface area (Å²) >= 11 is 5.83. The van der Waals surface area contributed by atoms with Gasteiger partial charge in [0.05, 0.1) is 11.8 Å². The second-order valence-corrected chi connectivity index (χ2v) is 6.59. The molecule has 2 N–H and O–H groups in total. The third kappa shape index (κ3) is 4.15. The Morgan fingerprint density at radius 1 is 1.08 bits per heavy atom. The van der Waals surface area contributed by atoms with Crippen molar-refractivity contribution in [2.24, 2.45) is 11.8 Å². The standard InChI is InChI=1S/C19H19ClN2O2/c1-12-3-2-4-15(9-12)22-19(24)17-10-16(17)18(23)21-11-13-5-7-14(20)8-6-13/h2-9,16-17H,10-11H2,1H3,(H,21,23)(H,22,24). The van der Waals surface area contributed by atoms with E-state index in [1.54, 1.807) is 12.1 Å². The van der Waals surface area contributed by atoms with Crippen molar-refractivity contribution in [2.45, 2.75) is 19.9 Å². The summed E-state index contributed by atoms with van der Waals surface area (Å²) in [5, 5.41) is 6.42. The quantitative estimate of drug-likeness (QED) is 0.873. The molecule has 0 aliphatic heterocycles. The lowest BCUT2D eigenvalue weighted by molar-refractivity contribution is -0.125. The maximum Gasteiger partial charge on any atom is 0.228 e. The van der Waals surface area contributed by atoms with Crippen molar-refractivity contribution in [3.63, 3.8) is 0 Å². The highest BCUT2D eigenvalue weighted by Crippen LogP contribution is 2.39. The van der Waals surface area contributed by atoms with Crippen molar-refractivity contribution in [3.8, 4) is 0 Å². The first-order valence-corrected chi connectivity index (χ1v) is 8.30. The average Bonchev–Trinajstić information content (AvgIpc) is 3.35. The molecule has 0 spiro atoms. The monoisotopic (exact) mass is 342 g/mol. The summed E-state index contributed by atoms with van der Waals surface area (Å²) in [7, 11) is 0. The molecular weight excluding hydrogens is 324 g/mol. The van der Waals surface area contributed by atoms with Crippen LogP contribution in [-0.2, 0) is 16.1 Å². The summed E-state index contributed by atoms with van der Waals surface area (Å²) in [6, 6.07) is 15.0. The zero-order chi connectivity index (χ0) is 17.1. The van der Waals surface area contributed by atoms with E-state index >= 15 is 0 Å². The maximum atomic E-state index is 12.2. The highest BCUT2D eigenvalue weighted by atomic mass is 35.5. The molecule has 0 heterocycles. The fraction of sp³-hybridized carbons (Fsp3) is 0.263. The van der Waals surface area contributed by atoms with Gasteiger partial charge in [-0.1, -0.05) is 35.9 Å². The number of aryl methyl sites for hydroxylation is 1. The summed E-state index contributed by atoms with van der Waals surface area (Å²) in [6.45, 7) is 2.42. The lowest BCUT2D eigenvalue weighted by Gasteiger charge is -2.07. The minimum Gasteiger partial charge on any atom is -0.352 e. The number of carbonyl (C=O) groups is 2. The van der Waals surface area contributed by atoms with Crippen LogP contribution in [0.4, 0.5) is 5.69 Å². The van der Waals surface area contributed by atoms with E-state index in [4.69, 9.17) is 11.6 Å². The lowest BCUT2D eigenvalue weighted by Crippen LogP contribution is -2.27. The van der Waals surface area contributed by atoms with Gasteiger partial charge in [0.2, 0.25) is 11.8 Å². The molecule has 4 nitrogen and oxygen atoms in total. The summed E-state index contributed by atoms with van der Waals surface area (Å²) < 4.78 is 0. The molecule has 5 heteroatoms. The van der Waals surface area contributed by atoms with Gasteiger partial charge >= 0.3 is 0 Å². The second kappa shape index (κ2) is 7.05. The van der Waals surface area contributed by atoms with E-state index < -0.39 is 0 Å². The minimum atomic E-state index is -0.240. The van der Waals surface area contributed by atoms with Gasteiger partial charge in [-0.3, -0.25) is 9.59 Å². The summed E-state index contributed by atoms with van der Waals surface area (Å²) in [5.74, 6) is -0.639. The predicted octanol–water partition coefficient (Wildman–Crippen LogP) is 3.54. The normalized spacial score (nSPS) is 18.8. The number of hydrogen-bond donors (Lipinski definition) is 2. The van der Waals surface area contributed by atoms with E-state index in [-0.39, 0.29) is 23.7 Å². The van der Waals surface area contributed by atoms with Crippen LogP contribution >= 0.6 is 11.6 Å². The van der Waals surface area contributed by atoms with Gasteiger partial charge in [0.25, 0.3) is 0 Å². The molecule has 0 bridgehead atoms. The van der Waals surface area contributed by atoms with Crippen LogP contribution < -0.4 is 10.6 Å². The first-order valence-electron chi connectivity index (χ1n) is 7.92. The third-order valence-corrected chi connectivity index (χ3v) is 4.38. The average molecular weight is 343 g/mol. The van der Waals surface area contributed by atoms with Crippen LogP contribution in [0.15, 0.2) is 48.5 Å². The molecule has 1 fully saturated rings. The van der Waals surface area contributed by atoms with Crippen LogP contribution in [-0.4, -0.2) is 11.8 Å². The number of anilines is 1. The molecule has 1 saturated carbocycles. The SMILES string of the molecule is Cc1cccc(NC(=O)C2CC2C(=O)NCc2ccc(Cl)cc2)c1. The first-order chi connectivity index (χ1) is 11.5. The van der Waals surface area contributed by atoms with Crippen LogP contribution in [0.5, 0.6) is 0 Å². The van der Waals surface area contributed by atoms with E-state index in [0.717, 1.165) is 16.8 Å². The number of halogens is 1. The van der Waals surface area contributed by atoms with Crippen molar-refractivity contribution >= 4 is 29.1 Å². The third-order valence-electron chi connectivity index (χ3n) is 4.13. The molecule has 2 aromatic carbocycles. The zero-order valence-electron chi connectivity index (χ0n) is 13.4. The zero-order valence-corrected chi connectivity index (χ0v) is 14.1. The van der Waals surface area contributed by atoms with E-state index in [1.807, 2.05) is 43.3 Å². The largest absolute Gasteiger partial charge is 0.352 e. The van der Waals surface area contributed by atoms with Crippen molar-refractivity contribution < 1.29 is 9.59 Å². The summed E-state index contributed by atoms with van der Waals surface area (Å²) in [4.78, 5) is 24.4. The van der Waals surface area contributed by atoms with E-state index in [1.165, 1.54) is 0 Å². The topological polar surface area (TPSA) is 58.2 Å². The molecule has 3 rings (SSSR count). The molecule has 2 atom stereocenters. The number of nitrogens with one attached hydrogen (secondary N) is 2. The Balaban J connectivity index is 1.48. The minimum absolute atomic E-state index is 0.0747. The molecule has 0 radical (unpaired) electrons. The Morgan fingerprint density at radius 3 is 2.50 bits per heavy atom. The van der Waals surface area contributed by atoms with Gasteiger partial charge in [-0.25, -0.2) is 0 Å². The Hall–Kier alpha value is -2.33. The van der Waals surface area contributed by atoms with Gasteiger partial charge in [-0.15, -0.1) is 0 Å². The number of rotatable bonds is 5. The number of carbonyl (C=O) groups excluding carboxylic acids is 2. The van der Waals surface area contributed by atoms with Crippen LogP contribution in [0.3, 0.4) is 0 Å². The van der Waals surface area contributed by atoms with Gasteiger partial charge in [-0.2, -0.15) is 0 Å². The molecular formula is C19H19ClN2O2. The van der Waals surface area contributed by atoms with Crippen molar-refractivity contribution in [2.75, 3.05) is 5.32 Å². The van der Waals surface area contributed by atoms with E-state index in [2.05, 4.69) is 10.6 Å². The highest BCUT2D eigenvalue weighted by Gasteiger charge is 2.47. The van der Waals surface area contributed by atoms with Gasteiger partial charge in [-0.05, 0) is 48.7 Å². The molecule has 24 heavy (non-hydrogen) atoms. The van der Waals surface area contributed by atoms with Gasteiger partial charge < -0.3 is 10.6 Å². The molecule has 2 amide bonds. The Kier molecular flexibility index (Phi) is 4.86. The highest BCUT2D eigenvalue weighted by molar-refractivity contribution is 6.30. The van der Waals surface area contributed by atoms with Gasteiger partial charge in [0, 0.05) is 17.3 Å². The first kappa shape index (κ1) is 16.5. The van der Waals surface area contributed by atoms with Crippen molar-refractivity contribution in [3.05, 3.63) is 64.7 Å². The van der Waals surface area contributed by atoms with Crippen molar-refractivity contribution in [1.82, 2.24) is 5.32 Å². The van der Waals surface area contributed by atoms with Gasteiger partial charge in [0.1, 0.15) is 0 Å². The predicted molar refractivity (Wildman–Crippen MR) is 94.7 cm³/mol. The van der Waals surface area contributed by atoms with Crippen LogP contribution in [0, 0.1) is 18.8 Å². The van der Waals surface area contributed by atoms with Crippen LogP contribution in [0.1, 0.15) is 17.5 Å². The van der Waals surface area contributed by atoms with Crippen LogP contribution in [0.2, 0.25) is 5.02 Å². The van der Waals surface area contributed by atoms with Crippen LogP contribution in [0.25, 0.3) is 0 Å². The van der Waals surface area contributed by atoms with E-state index in [0.29, 0.717) is 18.0 Å².